The number of hydrogen-bond donors (Lipinski definition) is 2. The molecule has 3 rings (SSSR count). The number of rotatable bonds is 6. The highest BCUT2D eigenvalue weighted by Crippen LogP contribution is 2.19. The van der Waals surface area contributed by atoms with Gasteiger partial charge in [0.15, 0.2) is 0 Å². The molecule has 0 fully saturated rings. The van der Waals surface area contributed by atoms with E-state index >= 15 is 0 Å². The van der Waals surface area contributed by atoms with Gasteiger partial charge in [-0.1, -0.05) is 61.5 Å². The topological polar surface area (TPSA) is 56.7 Å². The van der Waals surface area contributed by atoms with Crippen molar-refractivity contribution >= 4 is 17.3 Å². The quantitative estimate of drug-likeness (QED) is 0.746. The molecule has 1 amide bonds. The summed E-state index contributed by atoms with van der Waals surface area (Å²) in [6.45, 7) is 10.6. The van der Waals surface area contributed by atoms with Crippen LogP contribution in [0.3, 0.4) is 0 Å². The SMILES string of the molecule is C=C1NC(CNc2ccc(C)cc2CC)=CC(=O)N1/N=C(\C)c1ccccc1. The molecule has 1 aliphatic rings. The number of aryl methyl sites for hydroxylation is 2. The number of nitrogens with one attached hydrogen (secondary N) is 2. The zero-order chi connectivity index (χ0) is 20.1. The van der Waals surface area contributed by atoms with Gasteiger partial charge in [-0.2, -0.15) is 10.1 Å². The summed E-state index contributed by atoms with van der Waals surface area (Å²) in [6, 6.07) is 16.1. The molecule has 0 unspecified atom stereocenters. The average Bonchev–Trinajstić information content (AvgIpc) is 2.70. The van der Waals surface area contributed by atoms with Crippen LogP contribution in [0.2, 0.25) is 0 Å². The van der Waals surface area contributed by atoms with Crippen LogP contribution in [0.15, 0.2) is 77.8 Å². The molecule has 144 valence electrons. The summed E-state index contributed by atoms with van der Waals surface area (Å²) in [5.74, 6) is 0.231. The normalized spacial score (nSPS) is 14.6. The molecule has 2 aromatic carbocycles. The van der Waals surface area contributed by atoms with Crippen LogP contribution in [0, 0.1) is 6.92 Å². The molecule has 0 aliphatic carbocycles. The Bertz CT molecular complexity index is 944. The largest absolute Gasteiger partial charge is 0.379 e. The monoisotopic (exact) mass is 374 g/mol. The van der Waals surface area contributed by atoms with E-state index < -0.39 is 0 Å². The Morgan fingerprint density at radius 2 is 1.96 bits per heavy atom. The van der Waals surface area contributed by atoms with E-state index in [1.54, 1.807) is 6.08 Å². The number of carbonyl (C=O) groups excluding carboxylic acids is 1. The summed E-state index contributed by atoms with van der Waals surface area (Å²) in [7, 11) is 0. The minimum Gasteiger partial charge on any atom is -0.379 e. The minimum absolute atomic E-state index is 0.213. The van der Waals surface area contributed by atoms with E-state index in [9.17, 15) is 4.79 Å². The molecule has 0 saturated heterocycles. The van der Waals surface area contributed by atoms with Crippen LogP contribution in [0.5, 0.6) is 0 Å². The van der Waals surface area contributed by atoms with Crippen LogP contribution < -0.4 is 10.6 Å². The van der Waals surface area contributed by atoms with Gasteiger partial charge in [-0.25, -0.2) is 0 Å². The fourth-order valence-corrected chi connectivity index (χ4v) is 3.09. The Hall–Kier alpha value is -3.34. The second-order valence-corrected chi connectivity index (χ2v) is 6.81. The van der Waals surface area contributed by atoms with Crippen LogP contribution >= 0.6 is 0 Å². The fraction of sp³-hybridized carbons (Fsp3) is 0.217. The van der Waals surface area contributed by atoms with E-state index in [0.717, 1.165) is 29.1 Å². The van der Waals surface area contributed by atoms with Crippen LogP contribution in [0.4, 0.5) is 5.69 Å². The fourth-order valence-electron chi connectivity index (χ4n) is 3.09. The summed E-state index contributed by atoms with van der Waals surface area (Å²) >= 11 is 0. The van der Waals surface area contributed by atoms with Crippen LogP contribution in [-0.4, -0.2) is 23.2 Å². The van der Waals surface area contributed by atoms with E-state index in [1.807, 2.05) is 37.3 Å². The molecule has 2 aromatic rings. The number of anilines is 1. The van der Waals surface area contributed by atoms with E-state index in [4.69, 9.17) is 0 Å². The van der Waals surface area contributed by atoms with Crippen molar-refractivity contribution in [3.05, 3.63) is 89.4 Å². The van der Waals surface area contributed by atoms with Gasteiger partial charge in [-0.05, 0) is 37.5 Å². The first kappa shape index (κ1) is 19.4. The Morgan fingerprint density at radius 3 is 2.64 bits per heavy atom. The van der Waals surface area contributed by atoms with Gasteiger partial charge in [0.1, 0.15) is 5.82 Å². The van der Waals surface area contributed by atoms with Crippen molar-refractivity contribution in [3.63, 3.8) is 0 Å². The predicted molar refractivity (Wildman–Crippen MR) is 115 cm³/mol. The van der Waals surface area contributed by atoms with Gasteiger partial charge in [-0.15, -0.1) is 0 Å². The number of nitrogens with zero attached hydrogens (tertiary/aromatic N) is 2. The molecule has 1 aliphatic heterocycles. The van der Waals surface area contributed by atoms with Gasteiger partial charge >= 0.3 is 0 Å². The van der Waals surface area contributed by atoms with Crippen LogP contribution in [-0.2, 0) is 11.2 Å². The summed E-state index contributed by atoms with van der Waals surface area (Å²) in [5, 5.41) is 12.3. The third-order valence-electron chi connectivity index (χ3n) is 4.62. The van der Waals surface area contributed by atoms with Crippen molar-refractivity contribution < 1.29 is 4.79 Å². The zero-order valence-corrected chi connectivity index (χ0v) is 16.6. The van der Waals surface area contributed by atoms with E-state index in [1.165, 1.54) is 16.1 Å². The summed E-state index contributed by atoms with van der Waals surface area (Å²) in [5.41, 5.74) is 6.05. The maximum atomic E-state index is 12.6. The van der Waals surface area contributed by atoms with Gasteiger partial charge in [-0.3, -0.25) is 4.79 Å². The molecule has 0 aromatic heterocycles. The predicted octanol–water partition coefficient (Wildman–Crippen LogP) is 4.18. The lowest BCUT2D eigenvalue weighted by Gasteiger charge is -2.26. The number of benzene rings is 2. The summed E-state index contributed by atoms with van der Waals surface area (Å²) < 4.78 is 0. The Balaban J connectivity index is 1.71. The van der Waals surface area contributed by atoms with Crippen molar-refractivity contribution in [2.75, 3.05) is 11.9 Å². The van der Waals surface area contributed by atoms with Crippen molar-refractivity contribution in [2.24, 2.45) is 5.10 Å². The average molecular weight is 374 g/mol. The Labute approximate surface area is 166 Å². The summed E-state index contributed by atoms with van der Waals surface area (Å²) in [4.78, 5) is 12.6. The standard InChI is InChI=1S/C23H26N4O/c1-5-19-13-16(2)11-12-22(19)24-15-21-14-23(28)27(18(4)25-21)26-17(3)20-9-7-6-8-10-20/h6-14,24-25H,4-5,15H2,1-3H3/b26-17+. The van der Waals surface area contributed by atoms with Gasteiger partial charge < -0.3 is 10.6 Å². The van der Waals surface area contributed by atoms with Crippen molar-refractivity contribution in [1.82, 2.24) is 10.3 Å². The highest BCUT2D eigenvalue weighted by atomic mass is 16.2. The molecule has 0 spiro atoms. The molecule has 5 nitrogen and oxygen atoms in total. The molecular weight excluding hydrogens is 348 g/mol. The molecule has 0 bridgehead atoms. The zero-order valence-electron chi connectivity index (χ0n) is 16.6. The van der Waals surface area contributed by atoms with Gasteiger partial charge in [0, 0.05) is 17.5 Å². The Kier molecular flexibility index (Phi) is 5.94. The highest BCUT2D eigenvalue weighted by Gasteiger charge is 2.22. The van der Waals surface area contributed by atoms with E-state index in [-0.39, 0.29) is 5.91 Å². The first-order valence-electron chi connectivity index (χ1n) is 9.42. The highest BCUT2D eigenvalue weighted by molar-refractivity contribution is 6.00. The lowest BCUT2D eigenvalue weighted by atomic mass is 10.1. The van der Waals surface area contributed by atoms with Crippen LogP contribution in [0.1, 0.15) is 30.5 Å². The van der Waals surface area contributed by atoms with Gasteiger partial charge in [0.25, 0.3) is 5.91 Å². The molecule has 0 saturated carbocycles. The van der Waals surface area contributed by atoms with E-state index in [2.05, 4.69) is 54.4 Å². The van der Waals surface area contributed by atoms with Crippen molar-refractivity contribution in [2.45, 2.75) is 27.2 Å². The first-order valence-corrected chi connectivity index (χ1v) is 9.42. The Morgan fingerprint density at radius 1 is 1.21 bits per heavy atom. The molecule has 0 atom stereocenters. The lowest BCUT2D eigenvalue weighted by molar-refractivity contribution is -0.125. The smallest absolute Gasteiger partial charge is 0.274 e. The minimum atomic E-state index is -0.213. The number of amides is 1. The number of carbonyl (C=O) groups is 1. The maximum Gasteiger partial charge on any atom is 0.274 e. The first-order chi connectivity index (χ1) is 13.5. The molecule has 28 heavy (non-hydrogen) atoms. The molecular formula is C23H26N4O. The van der Waals surface area contributed by atoms with Crippen molar-refractivity contribution in [1.29, 1.82) is 0 Å². The number of hydrogen-bond acceptors (Lipinski definition) is 4. The molecule has 1 heterocycles. The molecule has 5 heteroatoms. The van der Waals surface area contributed by atoms with E-state index in [0.29, 0.717) is 12.4 Å². The second-order valence-electron chi connectivity index (χ2n) is 6.81. The van der Waals surface area contributed by atoms with Gasteiger partial charge in [0.2, 0.25) is 0 Å². The second kappa shape index (κ2) is 8.57. The van der Waals surface area contributed by atoms with Gasteiger partial charge in [0.05, 0.1) is 12.3 Å². The lowest BCUT2D eigenvalue weighted by Crippen LogP contribution is -2.38. The molecule has 2 N–H and O–H groups in total. The third kappa shape index (κ3) is 4.49. The number of hydrazone groups is 1. The summed E-state index contributed by atoms with van der Waals surface area (Å²) in [6.07, 6.45) is 2.51. The van der Waals surface area contributed by atoms with Crippen molar-refractivity contribution in [3.8, 4) is 0 Å². The van der Waals surface area contributed by atoms with Crippen LogP contribution in [0.25, 0.3) is 0 Å². The maximum absolute atomic E-state index is 12.6. The third-order valence-corrected chi connectivity index (χ3v) is 4.62. The molecule has 0 radical (unpaired) electrons.